The van der Waals surface area contributed by atoms with Crippen molar-refractivity contribution in [2.45, 2.75) is 40.7 Å². The highest BCUT2D eigenvalue weighted by atomic mass is 19.1. The average Bonchev–Trinajstić information content (AvgIpc) is 2.40. The van der Waals surface area contributed by atoms with Gasteiger partial charge < -0.3 is 4.74 Å². The molecule has 0 saturated carbocycles. The molecule has 2 nitrogen and oxygen atoms in total. The maximum absolute atomic E-state index is 13.3. The van der Waals surface area contributed by atoms with E-state index in [1.165, 1.54) is 6.07 Å². The molecule has 0 aromatic heterocycles. The third-order valence-corrected chi connectivity index (χ3v) is 3.32. The number of hydrogen-bond donors (Lipinski definition) is 0. The van der Waals surface area contributed by atoms with E-state index in [1.54, 1.807) is 12.1 Å². The molecule has 0 heterocycles. The molecule has 0 radical (unpaired) electrons. The molecule has 0 N–H and O–H groups in total. The zero-order valence-electron chi connectivity index (χ0n) is 13.9. The molecule has 0 fully saturated rings. The summed E-state index contributed by atoms with van der Waals surface area (Å²) in [6.07, 6.45) is 1.15. The van der Waals surface area contributed by atoms with Crippen molar-refractivity contribution >= 4 is 0 Å². The molecule has 0 aliphatic carbocycles. The Morgan fingerprint density at radius 2 is 1.86 bits per heavy atom. The summed E-state index contributed by atoms with van der Waals surface area (Å²) in [6, 6.07) is 6.88. The summed E-state index contributed by atoms with van der Waals surface area (Å²) in [7, 11) is 0. The van der Waals surface area contributed by atoms with Crippen molar-refractivity contribution in [3.63, 3.8) is 0 Å². The summed E-state index contributed by atoms with van der Waals surface area (Å²) in [6.45, 7) is 13.0. The van der Waals surface area contributed by atoms with Crippen LogP contribution in [0, 0.1) is 17.7 Å². The van der Waals surface area contributed by atoms with E-state index in [0.29, 0.717) is 11.8 Å². The molecule has 120 valence electrons. The number of halogens is 1. The molecule has 3 heteroatoms. The zero-order chi connectivity index (χ0) is 15.7. The van der Waals surface area contributed by atoms with Gasteiger partial charge in [-0.3, -0.25) is 4.90 Å². The van der Waals surface area contributed by atoms with Crippen molar-refractivity contribution in [3.8, 4) is 0 Å². The summed E-state index contributed by atoms with van der Waals surface area (Å²) in [5.41, 5.74) is 1.03. The molecule has 0 aliphatic heterocycles. The fraction of sp³-hybridized carbons (Fsp3) is 0.667. The molecule has 0 saturated heterocycles. The minimum absolute atomic E-state index is 0.160. The van der Waals surface area contributed by atoms with Crippen LogP contribution < -0.4 is 0 Å². The Morgan fingerprint density at radius 3 is 2.48 bits per heavy atom. The van der Waals surface area contributed by atoms with Crippen molar-refractivity contribution in [1.82, 2.24) is 4.90 Å². The van der Waals surface area contributed by atoms with E-state index in [0.717, 1.165) is 44.8 Å². The second kappa shape index (κ2) is 9.91. The SMILES string of the molecule is CC(C)CCN(CCOCC(C)C)Cc1cccc(F)c1. The zero-order valence-corrected chi connectivity index (χ0v) is 13.9. The van der Waals surface area contributed by atoms with Crippen LogP contribution >= 0.6 is 0 Å². The number of benzene rings is 1. The van der Waals surface area contributed by atoms with Crippen LogP contribution in [-0.2, 0) is 11.3 Å². The van der Waals surface area contributed by atoms with Gasteiger partial charge in [0.1, 0.15) is 5.82 Å². The lowest BCUT2D eigenvalue weighted by Crippen LogP contribution is -2.29. The van der Waals surface area contributed by atoms with E-state index in [2.05, 4.69) is 32.6 Å². The standard InChI is InChI=1S/C18H30FNO/c1-15(2)8-9-20(10-11-21-14-16(3)4)13-17-6-5-7-18(19)12-17/h5-7,12,15-16H,8-11,13-14H2,1-4H3. The maximum atomic E-state index is 13.3. The van der Waals surface area contributed by atoms with E-state index < -0.39 is 0 Å². The first-order chi connectivity index (χ1) is 9.97. The average molecular weight is 295 g/mol. The van der Waals surface area contributed by atoms with Gasteiger partial charge in [-0.25, -0.2) is 4.39 Å². The van der Waals surface area contributed by atoms with Crippen LogP contribution in [0.2, 0.25) is 0 Å². The largest absolute Gasteiger partial charge is 0.380 e. The topological polar surface area (TPSA) is 12.5 Å². The molecule has 0 bridgehead atoms. The van der Waals surface area contributed by atoms with E-state index in [4.69, 9.17) is 4.74 Å². The summed E-state index contributed by atoms with van der Waals surface area (Å²) in [5.74, 6) is 1.08. The first-order valence-corrected chi connectivity index (χ1v) is 8.02. The van der Waals surface area contributed by atoms with Crippen LogP contribution in [0.1, 0.15) is 39.7 Å². The fourth-order valence-electron chi connectivity index (χ4n) is 2.12. The highest BCUT2D eigenvalue weighted by molar-refractivity contribution is 5.16. The van der Waals surface area contributed by atoms with Crippen LogP contribution in [0.4, 0.5) is 4.39 Å². The Kier molecular flexibility index (Phi) is 8.55. The molecule has 1 rings (SSSR count). The van der Waals surface area contributed by atoms with Gasteiger partial charge in [0, 0.05) is 19.7 Å². The van der Waals surface area contributed by atoms with Gasteiger partial charge in [-0.05, 0) is 42.5 Å². The highest BCUT2D eigenvalue weighted by Crippen LogP contribution is 2.10. The third kappa shape index (κ3) is 8.84. The molecule has 1 aromatic rings. The molecule has 0 amide bonds. The number of ether oxygens (including phenoxy) is 1. The molecular weight excluding hydrogens is 265 g/mol. The second-order valence-electron chi connectivity index (χ2n) is 6.56. The smallest absolute Gasteiger partial charge is 0.123 e. The second-order valence-corrected chi connectivity index (χ2v) is 6.56. The van der Waals surface area contributed by atoms with Crippen LogP contribution in [-0.4, -0.2) is 31.2 Å². The maximum Gasteiger partial charge on any atom is 0.123 e. The van der Waals surface area contributed by atoms with Gasteiger partial charge in [-0.1, -0.05) is 39.8 Å². The predicted molar refractivity (Wildman–Crippen MR) is 86.8 cm³/mol. The van der Waals surface area contributed by atoms with Gasteiger partial charge in [-0.2, -0.15) is 0 Å². The fourth-order valence-corrected chi connectivity index (χ4v) is 2.12. The van der Waals surface area contributed by atoms with Gasteiger partial charge >= 0.3 is 0 Å². The van der Waals surface area contributed by atoms with Crippen molar-refractivity contribution < 1.29 is 9.13 Å². The van der Waals surface area contributed by atoms with Crippen molar-refractivity contribution in [3.05, 3.63) is 35.6 Å². The summed E-state index contributed by atoms with van der Waals surface area (Å²) < 4.78 is 19.0. The van der Waals surface area contributed by atoms with E-state index in [1.807, 2.05) is 6.07 Å². The molecule has 0 aliphatic rings. The minimum atomic E-state index is -0.160. The van der Waals surface area contributed by atoms with Crippen LogP contribution in [0.3, 0.4) is 0 Å². The van der Waals surface area contributed by atoms with Gasteiger partial charge in [0.2, 0.25) is 0 Å². The van der Waals surface area contributed by atoms with Crippen LogP contribution in [0.5, 0.6) is 0 Å². The normalized spacial score (nSPS) is 11.8. The van der Waals surface area contributed by atoms with E-state index in [-0.39, 0.29) is 5.82 Å². The van der Waals surface area contributed by atoms with E-state index in [9.17, 15) is 4.39 Å². The van der Waals surface area contributed by atoms with E-state index >= 15 is 0 Å². The summed E-state index contributed by atoms with van der Waals surface area (Å²) in [4.78, 5) is 2.36. The van der Waals surface area contributed by atoms with Crippen molar-refractivity contribution in [1.29, 1.82) is 0 Å². The Labute approximate surface area is 129 Å². The Morgan fingerprint density at radius 1 is 1.10 bits per heavy atom. The summed E-state index contributed by atoms with van der Waals surface area (Å²) in [5, 5.41) is 0. The Bertz CT molecular complexity index is 393. The first-order valence-electron chi connectivity index (χ1n) is 8.02. The molecule has 0 unspecified atom stereocenters. The van der Waals surface area contributed by atoms with Gasteiger partial charge in [0.15, 0.2) is 0 Å². The number of nitrogens with zero attached hydrogens (tertiary/aromatic N) is 1. The predicted octanol–water partition coefficient (Wildman–Crippen LogP) is 4.35. The van der Waals surface area contributed by atoms with Crippen molar-refractivity contribution in [2.75, 3.05) is 26.3 Å². The highest BCUT2D eigenvalue weighted by Gasteiger charge is 2.08. The van der Waals surface area contributed by atoms with Gasteiger partial charge in [-0.15, -0.1) is 0 Å². The molecule has 0 atom stereocenters. The Balaban J connectivity index is 2.47. The quantitative estimate of drug-likeness (QED) is 0.595. The monoisotopic (exact) mass is 295 g/mol. The van der Waals surface area contributed by atoms with Crippen LogP contribution in [0.15, 0.2) is 24.3 Å². The van der Waals surface area contributed by atoms with Crippen molar-refractivity contribution in [2.24, 2.45) is 11.8 Å². The lowest BCUT2D eigenvalue weighted by Gasteiger charge is -2.23. The minimum Gasteiger partial charge on any atom is -0.380 e. The summed E-state index contributed by atoms with van der Waals surface area (Å²) >= 11 is 0. The number of rotatable bonds is 10. The lowest BCUT2D eigenvalue weighted by molar-refractivity contribution is 0.0819. The van der Waals surface area contributed by atoms with Gasteiger partial charge in [0.25, 0.3) is 0 Å². The van der Waals surface area contributed by atoms with Gasteiger partial charge in [0.05, 0.1) is 6.61 Å². The first kappa shape index (κ1) is 18.1. The molecule has 21 heavy (non-hydrogen) atoms. The molecule has 1 aromatic carbocycles. The third-order valence-electron chi connectivity index (χ3n) is 3.32. The lowest BCUT2D eigenvalue weighted by atomic mass is 10.1. The Hall–Kier alpha value is -0.930. The molecule has 0 spiro atoms. The number of hydrogen-bond acceptors (Lipinski definition) is 2. The van der Waals surface area contributed by atoms with Crippen LogP contribution in [0.25, 0.3) is 0 Å². The molecular formula is C18H30FNO.